The van der Waals surface area contributed by atoms with Gasteiger partial charge in [0.1, 0.15) is 0 Å². The highest BCUT2D eigenvalue weighted by atomic mass is 32.2. The zero-order chi connectivity index (χ0) is 13.9. The summed E-state index contributed by atoms with van der Waals surface area (Å²) in [7, 11) is -1.53. The van der Waals surface area contributed by atoms with Crippen molar-refractivity contribution in [1.82, 2.24) is 0 Å². The van der Waals surface area contributed by atoms with Crippen LogP contribution in [0.15, 0.2) is 29.2 Å². The van der Waals surface area contributed by atoms with E-state index in [0.29, 0.717) is 6.42 Å². The molecular formula is C12H16F3NOS. The van der Waals surface area contributed by atoms with Crippen LogP contribution >= 0.6 is 0 Å². The standard InChI is InChI=1S/C12H16F3NOS/c1-3-11(16)8(2)18(17)10-6-4-5-9(7-10)12(13,14)15/h4-8,11H,3,16H2,1-2H3. The van der Waals surface area contributed by atoms with Crippen LogP contribution in [-0.2, 0) is 17.0 Å². The normalized spacial score (nSPS) is 17.2. The average Bonchev–Trinajstić information content (AvgIpc) is 2.35. The van der Waals surface area contributed by atoms with Gasteiger partial charge in [-0.25, -0.2) is 0 Å². The minimum absolute atomic E-state index is 0.168. The third-order valence-corrected chi connectivity index (χ3v) is 4.55. The van der Waals surface area contributed by atoms with E-state index in [2.05, 4.69) is 0 Å². The molecule has 1 rings (SSSR count). The number of nitrogens with two attached hydrogens (primary N) is 1. The molecule has 0 fully saturated rings. The van der Waals surface area contributed by atoms with Crippen LogP contribution in [-0.4, -0.2) is 15.5 Å². The summed E-state index contributed by atoms with van der Waals surface area (Å²) in [5.74, 6) is 0. The summed E-state index contributed by atoms with van der Waals surface area (Å²) in [6.45, 7) is 3.54. The van der Waals surface area contributed by atoms with Gasteiger partial charge in [0.15, 0.2) is 0 Å². The van der Waals surface area contributed by atoms with Crippen molar-refractivity contribution in [3.63, 3.8) is 0 Å². The number of alkyl halides is 3. The molecule has 1 aromatic carbocycles. The molecule has 3 atom stereocenters. The lowest BCUT2D eigenvalue weighted by molar-refractivity contribution is -0.137. The summed E-state index contributed by atoms with van der Waals surface area (Å²) >= 11 is 0. The van der Waals surface area contributed by atoms with Gasteiger partial charge in [-0.05, 0) is 31.5 Å². The first kappa shape index (κ1) is 15.2. The highest BCUT2D eigenvalue weighted by molar-refractivity contribution is 7.85. The minimum atomic E-state index is -4.42. The van der Waals surface area contributed by atoms with Crippen molar-refractivity contribution in [2.45, 2.75) is 42.6 Å². The van der Waals surface area contributed by atoms with Gasteiger partial charge in [0, 0.05) is 10.9 Å². The van der Waals surface area contributed by atoms with Crippen molar-refractivity contribution < 1.29 is 17.4 Å². The monoisotopic (exact) mass is 279 g/mol. The molecule has 6 heteroatoms. The van der Waals surface area contributed by atoms with E-state index in [1.807, 2.05) is 6.92 Å². The zero-order valence-electron chi connectivity index (χ0n) is 10.2. The van der Waals surface area contributed by atoms with Crippen molar-refractivity contribution >= 4 is 10.8 Å². The van der Waals surface area contributed by atoms with Gasteiger partial charge in [0.25, 0.3) is 0 Å². The molecule has 0 radical (unpaired) electrons. The summed E-state index contributed by atoms with van der Waals surface area (Å²) in [5.41, 5.74) is 4.98. The fourth-order valence-corrected chi connectivity index (χ4v) is 2.90. The van der Waals surface area contributed by atoms with Crippen LogP contribution in [0.5, 0.6) is 0 Å². The van der Waals surface area contributed by atoms with Crippen LogP contribution in [0.1, 0.15) is 25.8 Å². The van der Waals surface area contributed by atoms with E-state index in [-0.39, 0.29) is 16.2 Å². The Morgan fingerprint density at radius 1 is 1.39 bits per heavy atom. The van der Waals surface area contributed by atoms with Gasteiger partial charge >= 0.3 is 6.18 Å². The van der Waals surface area contributed by atoms with E-state index in [9.17, 15) is 17.4 Å². The lowest BCUT2D eigenvalue weighted by atomic mass is 10.2. The maximum Gasteiger partial charge on any atom is 0.416 e. The molecule has 0 saturated carbocycles. The molecule has 0 bridgehead atoms. The van der Waals surface area contributed by atoms with Crippen molar-refractivity contribution in [2.75, 3.05) is 0 Å². The molecule has 2 N–H and O–H groups in total. The predicted molar refractivity (Wildman–Crippen MR) is 65.6 cm³/mol. The number of hydrogen-bond donors (Lipinski definition) is 1. The number of hydrogen-bond acceptors (Lipinski definition) is 2. The Morgan fingerprint density at radius 3 is 2.50 bits per heavy atom. The first-order chi connectivity index (χ1) is 8.27. The van der Waals surface area contributed by atoms with Crippen LogP contribution < -0.4 is 5.73 Å². The molecule has 0 amide bonds. The fourth-order valence-electron chi connectivity index (χ4n) is 1.50. The van der Waals surface area contributed by atoms with Crippen molar-refractivity contribution in [3.05, 3.63) is 29.8 Å². The van der Waals surface area contributed by atoms with Crippen LogP contribution in [0.3, 0.4) is 0 Å². The van der Waals surface area contributed by atoms with E-state index in [0.717, 1.165) is 12.1 Å². The Kier molecular flexibility index (Phi) is 4.92. The molecule has 18 heavy (non-hydrogen) atoms. The Bertz CT molecular complexity index is 434. The lowest BCUT2D eigenvalue weighted by Gasteiger charge is -2.18. The van der Waals surface area contributed by atoms with E-state index in [1.54, 1.807) is 6.92 Å². The van der Waals surface area contributed by atoms with E-state index in [1.165, 1.54) is 12.1 Å². The fraction of sp³-hybridized carbons (Fsp3) is 0.500. The Balaban J connectivity index is 3.01. The predicted octanol–water partition coefficient (Wildman–Crippen LogP) is 2.94. The molecule has 0 aliphatic rings. The van der Waals surface area contributed by atoms with Crippen LogP contribution in [0.25, 0.3) is 0 Å². The van der Waals surface area contributed by atoms with Gasteiger partial charge in [0.2, 0.25) is 0 Å². The summed E-state index contributed by atoms with van der Waals surface area (Å²) < 4.78 is 49.7. The molecular weight excluding hydrogens is 263 g/mol. The Morgan fingerprint density at radius 2 is 2.00 bits per heavy atom. The second-order valence-corrected chi connectivity index (χ2v) is 5.91. The van der Waals surface area contributed by atoms with Crippen LogP contribution in [0.2, 0.25) is 0 Å². The van der Waals surface area contributed by atoms with E-state index in [4.69, 9.17) is 5.73 Å². The summed E-state index contributed by atoms with van der Waals surface area (Å²) in [6.07, 6.45) is -3.79. The van der Waals surface area contributed by atoms with Crippen molar-refractivity contribution in [3.8, 4) is 0 Å². The third-order valence-electron chi connectivity index (χ3n) is 2.81. The minimum Gasteiger partial charge on any atom is -0.327 e. The third kappa shape index (κ3) is 3.55. The van der Waals surface area contributed by atoms with Gasteiger partial charge in [-0.1, -0.05) is 13.0 Å². The topological polar surface area (TPSA) is 43.1 Å². The van der Waals surface area contributed by atoms with Gasteiger partial charge in [-0.3, -0.25) is 4.21 Å². The quantitative estimate of drug-likeness (QED) is 0.921. The second-order valence-electron chi connectivity index (χ2n) is 4.10. The number of rotatable bonds is 4. The Hall–Kier alpha value is -0.880. The summed E-state index contributed by atoms with van der Waals surface area (Å²) in [4.78, 5) is 0.168. The first-order valence-electron chi connectivity index (χ1n) is 5.60. The maximum atomic E-state index is 12.5. The van der Waals surface area contributed by atoms with Gasteiger partial charge in [0.05, 0.1) is 21.6 Å². The molecule has 0 saturated heterocycles. The maximum absolute atomic E-state index is 12.5. The second kappa shape index (κ2) is 5.84. The van der Waals surface area contributed by atoms with Crippen molar-refractivity contribution in [2.24, 2.45) is 5.73 Å². The number of halogens is 3. The molecule has 2 nitrogen and oxygen atoms in total. The first-order valence-corrected chi connectivity index (χ1v) is 6.82. The molecule has 3 unspecified atom stereocenters. The number of benzene rings is 1. The van der Waals surface area contributed by atoms with E-state index >= 15 is 0 Å². The van der Waals surface area contributed by atoms with Gasteiger partial charge in [-0.2, -0.15) is 13.2 Å². The Labute approximate surface area is 107 Å². The highest BCUT2D eigenvalue weighted by Gasteiger charge is 2.31. The van der Waals surface area contributed by atoms with E-state index < -0.39 is 22.5 Å². The highest BCUT2D eigenvalue weighted by Crippen LogP contribution is 2.30. The lowest BCUT2D eigenvalue weighted by Crippen LogP contribution is -2.35. The smallest absolute Gasteiger partial charge is 0.327 e. The van der Waals surface area contributed by atoms with Gasteiger partial charge < -0.3 is 5.73 Å². The zero-order valence-corrected chi connectivity index (χ0v) is 11.0. The van der Waals surface area contributed by atoms with Crippen LogP contribution in [0.4, 0.5) is 13.2 Å². The largest absolute Gasteiger partial charge is 0.416 e. The molecule has 102 valence electrons. The van der Waals surface area contributed by atoms with Crippen LogP contribution in [0, 0.1) is 0 Å². The molecule has 0 aliphatic heterocycles. The van der Waals surface area contributed by atoms with Crippen molar-refractivity contribution in [1.29, 1.82) is 0 Å². The molecule has 0 aromatic heterocycles. The summed E-state index contributed by atoms with van der Waals surface area (Å²) in [5, 5.41) is -0.376. The molecule has 1 aromatic rings. The van der Waals surface area contributed by atoms with Gasteiger partial charge in [-0.15, -0.1) is 0 Å². The molecule has 0 aliphatic carbocycles. The SMILES string of the molecule is CCC(N)C(C)S(=O)c1cccc(C(F)(F)F)c1. The molecule has 0 spiro atoms. The average molecular weight is 279 g/mol. The summed E-state index contributed by atoms with van der Waals surface area (Å²) in [6, 6.07) is 4.30. The molecule has 0 heterocycles.